The molecular weight excluding hydrogens is 258 g/mol. The van der Waals surface area contributed by atoms with Crippen LogP contribution in [0.15, 0.2) is 0 Å². The minimum absolute atomic E-state index is 0.0478. The number of piperidine rings is 1. The number of imide groups is 2. The lowest BCUT2D eigenvalue weighted by atomic mass is 9.94. The Hall–Kier alpha value is -1.43. The maximum Gasteiger partial charge on any atom is 0.331 e. The van der Waals surface area contributed by atoms with Crippen LogP contribution in [-0.4, -0.2) is 52.8 Å². The maximum absolute atomic E-state index is 12.6. The lowest BCUT2D eigenvalue weighted by Gasteiger charge is -2.39. The molecule has 3 aliphatic heterocycles. The summed E-state index contributed by atoms with van der Waals surface area (Å²) < 4.78 is 0. The zero-order valence-corrected chi connectivity index (χ0v) is 11.4. The summed E-state index contributed by atoms with van der Waals surface area (Å²) in [5, 5.41) is 2.39. The normalized spacial score (nSPS) is 36.2. The summed E-state index contributed by atoms with van der Waals surface area (Å²) in [6.07, 6.45) is 5.42. The molecule has 1 saturated carbocycles. The van der Waals surface area contributed by atoms with E-state index in [4.69, 9.17) is 0 Å². The van der Waals surface area contributed by atoms with Gasteiger partial charge < -0.3 is 0 Å². The van der Waals surface area contributed by atoms with Gasteiger partial charge in [-0.1, -0.05) is 6.42 Å². The molecule has 6 heteroatoms. The number of carbonyl (C=O) groups is 3. The van der Waals surface area contributed by atoms with Crippen molar-refractivity contribution in [2.45, 2.75) is 50.6 Å². The van der Waals surface area contributed by atoms with Crippen molar-refractivity contribution in [3.8, 4) is 0 Å². The van der Waals surface area contributed by atoms with Gasteiger partial charge in [-0.25, -0.2) is 4.79 Å². The quantitative estimate of drug-likeness (QED) is 0.707. The Kier molecular flexibility index (Phi) is 2.49. The van der Waals surface area contributed by atoms with Gasteiger partial charge in [-0.05, 0) is 38.6 Å². The molecule has 0 bridgehead atoms. The molecule has 3 heterocycles. The predicted molar refractivity (Wildman–Crippen MR) is 69.7 cm³/mol. The highest BCUT2D eigenvalue weighted by Gasteiger charge is 2.64. The molecule has 1 N–H and O–H groups in total. The number of urea groups is 1. The average Bonchev–Trinajstić information content (AvgIpc) is 3.14. The molecule has 4 amide bonds. The van der Waals surface area contributed by atoms with Crippen LogP contribution in [0.1, 0.15) is 38.5 Å². The summed E-state index contributed by atoms with van der Waals surface area (Å²) in [6, 6.07) is -0.259. The molecule has 20 heavy (non-hydrogen) atoms. The van der Waals surface area contributed by atoms with Gasteiger partial charge >= 0.3 is 6.03 Å². The molecule has 0 radical (unpaired) electrons. The van der Waals surface area contributed by atoms with E-state index in [1.165, 1.54) is 11.3 Å². The number of rotatable bonds is 1. The first-order valence-corrected chi connectivity index (χ1v) is 7.57. The van der Waals surface area contributed by atoms with Crippen LogP contribution in [0.5, 0.6) is 0 Å². The van der Waals surface area contributed by atoms with E-state index in [1.54, 1.807) is 0 Å². The van der Waals surface area contributed by atoms with Gasteiger partial charge in [-0.15, -0.1) is 0 Å². The number of barbiturate groups is 1. The van der Waals surface area contributed by atoms with Gasteiger partial charge in [0.2, 0.25) is 11.8 Å². The van der Waals surface area contributed by atoms with Crippen LogP contribution < -0.4 is 5.32 Å². The van der Waals surface area contributed by atoms with Gasteiger partial charge in [-0.3, -0.25) is 24.7 Å². The van der Waals surface area contributed by atoms with Crippen molar-refractivity contribution in [2.75, 3.05) is 13.1 Å². The second-order valence-corrected chi connectivity index (χ2v) is 6.47. The summed E-state index contributed by atoms with van der Waals surface area (Å²) in [6.45, 7) is 2.02. The second kappa shape index (κ2) is 4.04. The summed E-state index contributed by atoms with van der Waals surface area (Å²) in [7, 11) is 0. The van der Waals surface area contributed by atoms with Gasteiger partial charge in [-0.2, -0.15) is 0 Å². The molecular formula is C14H19N3O3. The molecule has 2 unspecified atom stereocenters. The third kappa shape index (κ3) is 1.51. The van der Waals surface area contributed by atoms with E-state index in [9.17, 15) is 14.4 Å². The van der Waals surface area contributed by atoms with Gasteiger partial charge in [0.1, 0.15) is 5.41 Å². The molecule has 0 aromatic rings. The van der Waals surface area contributed by atoms with E-state index in [1.807, 2.05) is 0 Å². The molecule has 0 aromatic carbocycles. The average molecular weight is 277 g/mol. The first-order chi connectivity index (χ1) is 9.63. The number of hydrogen-bond acceptors (Lipinski definition) is 4. The lowest BCUT2D eigenvalue weighted by Crippen LogP contribution is -2.64. The Bertz CT molecular complexity index is 500. The Morgan fingerprint density at radius 3 is 2.55 bits per heavy atom. The van der Waals surface area contributed by atoms with Gasteiger partial charge in [0.15, 0.2) is 0 Å². The standard InChI is InChI=1S/C14H19N3O3/c18-11-14(5-6-14)12(19)17(13(20)15-11)10-4-8-16-7-2-1-3-9(10)16/h9-10H,1-8H2,(H,15,18,20). The van der Waals surface area contributed by atoms with Crippen molar-refractivity contribution in [2.24, 2.45) is 5.41 Å². The number of nitrogens with one attached hydrogen (secondary N) is 1. The Morgan fingerprint density at radius 1 is 1.00 bits per heavy atom. The van der Waals surface area contributed by atoms with Crippen molar-refractivity contribution in [1.82, 2.24) is 15.1 Å². The molecule has 4 fully saturated rings. The van der Waals surface area contributed by atoms with E-state index >= 15 is 0 Å². The van der Waals surface area contributed by atoms with Crippen molar-refractivity contribution >= 4 is 17.8 Å². The summed E-state index contributed by atoms with van der Waals surface area (Å²) in [4.78, 5) is 40.4. The summed E-state index contributed by atoms with van der Waals surface area (Å²) >= 11 is 0. The van der Waals surface area contributed by atoms with Crippen molar-refractivity contribution in [3.63, 3.8) is 0 Å². The Labute approximate surface area is 117 Å². The third-order valence-corrected chi connectivity index (χ3v) is 5.40. The van der Waals surface area contributed by atoms with E-state index < -0.39 is 11.4 Å². The summed E-state index contributed by atoms with van der Waals surface area (Å²) in [5.41, 5.74) is -0.907. The van der Waals surface area contributed by atoms with Crippen LogP contribution in [0.2, 0.25) is 0 Å². The van der Waals surface area contributed by atoms with Crippen LogP contribution >= 0.6 is 0 Å². The summed E-state index contributed by atoms with van der Waals surface area (Å²) in [5.74, 6) is -0.633. The fourth-order valence-electron chi connectivity index (χ4n) is 4.09. The fraction of sp³-hybridized carbons (Fsp3) is 0.786. The molecule has 108 valence electrons. The van der Waals surface area contributed by atoms with Crippen LogP contribution in [0, 0.1) is 5.41 Å². The molecule has 1 spiro atoms. The Morgan fingerprint density at radius 2 is 1.80 bits per heavy atom. The topological polar surface area (TPSA) is 69.7 Å². The zero-order valence-electron chi connectivity index (χ0n) is 11.4. The molecule has 1 aliphatic carbocycles. The zero-order chi connectivity index (χ0) is 13.9. The number of carbonyl (C=O) groups excluding carboxylic acids is 3. The van der Waals surface area contributed by atoms with Gasteiger partial charge in [0.05, 0.1) is 6.04 Å². The predicted octanol–water partition coefficient (Wildman–Crippen LogP) is 0.472. The lowest BCUT2D eigenvalue weighted by molar-refractivity contribution is -0.146. The van der Waals surface area contributed by atoms with Crippen LogP contribution in [0.3, 0.4) is 0 Å². The van der Waals surface area contributed by atoms with Crippen LogP contribution in [-0.2, 0) is 9.59 Å². The van der Waals surface area contributed by atoms with Crippen LogP contribution in [0.4, 0.5) is 4.79 Å². The van der Waals surface area contributed by atoms with Gasteiger partial charge in [0, 0.05) is 12.6 Å². The van der Waals surface area contributed by atoms with E-state index in [-0.39, 0.29) is 17.9 Å². The van der Waals surface area contributed by atoms with Crippen molar-refractivity contribution < 1.29 is 14.4 Å². The highest BCUT2D eigenvalue weighted by molar-refractivity contribution is 6.21. The maximum atomic E-state index is 12.6. The first kappa shape index (κ1) is 12.3. The molecule has 6 nitrogen and oxygen atoms in total. The minimum atomic E-state index is -0.907. The number of nitrogens with zero attached hydrogens (tertiary/aromatic N) is 2. The molecule has 3 saturated heterocycles. The third-order valence-electron chi connectivity index (χ3n) is 5.40. The number of amides is 4. The SMILES string of the molecule is O=C1NC(=O)C2(CC2)C(=O)N1C1CCN2CCCCC12. The van der Waals surface area contributed by atoms with Crippen molar-refractivity contribution in [1.29, 1.82) is 0 Å². The minimum Gasteiger partial charge on any atom is -0.298 e. The molecule has 4 aliphatic rings. The van der Waals surface area contributed by atoms with E-state index in [2.05, 4.69) is 10.2 Å². The molecule has 4 rings (SSSR count). The highest BCUT2D eigenvalue weighted by atomic mass is 16.2. The second-order valence-electron chi connectivity index (χ2n) is 6.47. The molecule has 0 aromatic heterocycles. The Balaban J connectivity index is 1.62. The monoisotopic (exact) mass is 277 g/mol. The number of fused-ring (bicyclic) bond motifs is 1. The van der Waals surface area contributed by atoms with E-state index in [0.717, 1.165) is 32.4 Å². The smallest absolute Gasteiger partial charge is 0.298 e. The number of hydrogen-bond donors (Lipinski definition) is 1. The first-order valence-electron chi connectivity index (χ1n) is 7.57. The van der Waals surface area contributed by atoms with Crippen molar-refractivity contribution in [3.05, 3.63) is 0 Å². The van der Waals surface area contributed by atoms with E-state index in [0.29, 0.717) is 18.9 Å². The van der Waals surface area contributed by atoms with Crippen LogP contribution in [0.25, 0.3) is 0 Å². The van der Waals surface area contributed by atoms with Gasteiger partial charge in [0.25, 0.3) is 0 Å². The fourth-order valence-corrected chi connectivity index (χ4v) is 4.09. The largest absolute Gasteiger partial charge is 0.331 e. The molecule has 2 atom stereocenters. The highest BCUT2D eigenvalue weighted by Crippen LogP contribution is 2.50.